The smallest absolute Gasteiger partial charge is 0.242 e. The third kappa shape index (κ3) is 2.08. The molecule has 0 N–H and O–H groups in total. The highest BCUT2D eigenvalue weighted by Crippen LogP contribution is 2.52. The Balaban J connectivity index is 1.68. The van der Waals surface area contributed by atoms with Gasteiger partial charge in [0.1, 0.15) is 0 Å². The summed E-state index contributed by atoms with van der Waals surface area (Å²) in [5, 5.41) is 0. The molecule has 0 radical (unpaired) electrons. The lowest BCUT2D eigenvalue weighted by atomic mass is 9.78. The molecule has 0 aliphatic carbocycles. The zero-order chi connectivity index (χ0) is 18.1. The highest BCUT2D eigenvalue weighted by Gasteiger charge is 2.66. The van der Waals surface area contributed by atoms with E-state index in [-0.39, 0.29) is 22.8 Å². The molecule has 1 aromatic rings. The van der Waals surface area contributed by atoms with E-state index in [0.29, 0.717) is 5.69 Å². The van der Waals surface area contributed by atoms with Gasteiger partial charge in [0, 0.05) is 14.1 Å². The Kier molecular flexibility index (Phi) is 3.29. The van der Waals surface area contributed by atoms with Gasteiger partial charge >= 0.3 is 0 Å². The molecule has 3 aliphatic heterocycles. The van der Waals surface area contributed by atoms with Crippen LogP contribution >= 0.6 is 0 Å². The summed E-state index contributed by atoms with van der Waals surface area (Å²) in [6, 6.07) is 5.80. The lowest BCUT2D eigenvalue weighted by Crippen LogP contribution is -2.38. The van der Waals surface area contributed by atoms with Gasteiger partial charge in [-0.25, -0.2) is 17.6 Å². The van der Waals surface area contributed by atoms with Gasteiger partial charge in [-0.15, -0.1) is 0 Å². The molecular formula is C17H18N2O5S. The number of nitrogens with zero attached hydrogens (tertiary/aromatic N) is 2. The Morgan fingerprint density at radius 3 is 2.32 bits per heavy atom. The number of anilines is 1. The number of fused-ring (bicyclic) bond motifs is 5. The highest BCUT2D eigenvalue weighted by atomic mass is 32.2. The van der Waals surface area contributed by atoms with E-state index in [0.717, 1.165) is 9.21 Å². The Morgan fingerprint density at radius 1 is 1.12 bits per heavy atom. The van der Waals surface area contributed by atoms with Crippen molar-refractivity contribution in [2.75, 3.05) is 19.0 Å². The van der Waals surface area contributed by atoms with Crippen LogP contribution in [0.1, 0.15) is 6.92 Å². The molecule has 8 heteroatoms. The summed E-state index contributed by atoms with van der Waals surface area (Å²) in [6.45, 7) is 1.82. The fourth-order valence-corrected chi connectivity index (χ4v) is 4.79. The fraction of sp³-hybridized carbons (Fsp3) is 0.412. The van der Waals surface area contributed by atoms with E-state index >= 15 is 0 Å². The molecular weight excluding hydrogens is 344 g/mol. The molecule has 4 atom stereocenters. The van der Waals surface area contributed by atoms with Crippen LogP contribution in [0.15, 0.2) is 41.3 Å². The van der Waals surface area contributed by atoms with E-state index < -0.39 is 27.5 Å². The fourth-order valence-electron chi connectivity index (χ4n) is 3.88. The summed E-state index contributed by atoms with van der Waals surface area (Å²) in [7, 11) is -0.670. The van der Waals surface area contributed by atoms with Gasteiger partial charge in [-0.3, -0.25) is 9.59 Å². The van der Waals surface area contributed by atoms with Crippen molar-refractivity contribution in [3.8, 4) is 0 Å². The van der Waals surface area contributed by atoms with Crippen LogP contribution in [-0.2, 0) is 24.3 Å². The molecule has 7 nitrogen and oxygen atoms in total. The van der Waals surface area contributed by atoms with Crippen LogP contribution < -0.4 is 4.90 Å². The monoisotopic (exact) mass is 362 g/mol. The molecule has 25 heavy (non-hydrogen) atoms. The minimum Gasteiger partial charge on any atom is -0.362 e. The summed E-state index contributed by atoms with van der Waals surface area (Å²) in [5.74, 6) is -1.63. The minimum absolute atomic E-state index is 0.109. The Labute approximate surface area is 145 Å². The Morgan fingerprint density at radius 2 is 1.76 bits per heavy atom. The lowest BCUT2D eigenvalue weighted by Gasteiger charge is -2.24. The maximum absolute atomic E-state index is 12.8. The summed E-state index contributed by atoms with van der Waals surface area (Å²) in [5.41, 5.74) is -0.365. The Bertz CT molecular complexity index is 905. The molecule has 2 bridgehead atoms. The summed E-state index contributed by atoms with van der Waals surface area (Å²) < 4.78 is 31.2. The predicted octanol–water partition coefficient (Wildman–Crippen LogP) is 0.770. The first-order valence-electron chi connectivity index (χ1n) is 7.94. The number of benzene rings is 1. The number of amides is 2. The molecule has 2 amide bonds. The van der Waals surface area contributed by atoms with Crippen molar-refractivity contribution in [1.29, 1.82) is 0 Å². The van der Waals surface area contributed by atoms with Crippen LogP contribution in [0, 0.1) is 11.8 Å². The molecule has 3 aliphatic rings. The zero-order valence-corrected chi connectivity index (χ0v) is 14.9. The number of rotatable bonds is 3. The predicted molar refractivity (Wildman–Crippen MR) is 89.2 cm³/mol. The van der Waals surface area contributed by atoms with Crippen molar-refractivity contribution in [3.05, 3.63) is 36.4 Å². The average molecular weight is 362 g/mol. The Hall–Kier alpha value is -2.03. The van der Waals surface area contributed by atoms with Crippen molar-refractivity contribution < 1.29 is 22.7 Å². The normalized spacial score (nSPS) is 33.6. The quantitative estimate of drug-likeness (QED) is 0.586. The van der Waals surface area contributed by atoms with Crippen LogP contribution in [0.5, 0.6) is 0 Å². The molecule has 0 aromatic heterocycles. The van der Waals surface area contributed by atoms with Crippen molar-refractivity contribution in [2.24, 2.45) is 11.8 Å². The summed E-state index contributed by atoms with van der Waals surface area (Å²) in [6.07, 6.45) is 3.31. The van der Waals surface area contributed by atoms with E-state index in [1.54, 1.807) is 0 Å². The number of hydrogen-bond acceptors (Lipinski definition) is 5. The third-order valence-electron chi connectivity index (χ3n) is 5.20. The van der Waals surface area contributed by atoms with Crippen LogP contribution in [0.25, 0.3) is 0 Å². The van der Waals surface area contributed by atoms with Crippen LogP contribution in [-0.4, -0.2) is 50.3 Å². The van der Waals surface area contributed by atoms with E-state index in [2.05, 4.69) is 0 Å². The number of imide groups is 1. The minimum atomic E-state index is -3.56. The second-order valence-corrected chi connectivity index (χ2v) is 9.07. The third-order valence-corrected chi connectivity index (χ3v) is 7.03. The molecule has 1 aromatic carbocycles. The lowest BCUT2D eigenvalue weighted by molar-refractivity contribution is -0.126. The topological polar surface area (TPSA) is 84.0 Å². The number of carbonyl (C=O) groups excluding carboxylic acids is 2. The van der Waals surface area contributed by atoms with Gasteiger partial charge < -0.3 is 4.74 Å². The van der Waals surface area contributed by atoms with Crippen molar-refractivity contribution in [2.45, 2.75) is 23.5 Å². The number of ether oxygens (including phenoxy) is 1. The molecule has 3 heterocycles. The highest BCUT2D eigenvalue weighted by molar-refractivity contribution is 7.89. The van der Waals surface area contributed by atoms with Crippen LogP contribution in [0.2, 0.25) is 0 Å². The second-order valence-electron chi connectivity index (χ2n) is 6.92. The van der Waals surface area contributed by atoms with E-state index in [1.807, 2.05) is 19.1 Å². The van der Waals surface area contributed by atoms with Crippen molar-refractivity contribution in [3.63, 3.8) is 0 Å². The van der Waals surface area contributed by atoms with E-state index in [9.17, 15) is 18.0 Å². The summed E-state index contributed by atoms with van der Waals surface area (Å²) in [4.78, 5) is 26.9. The van der Waals surface area contributed by atoms with Gasteiger partial charge in [-0.2, -0.15) is 0 Å². The second kappa shape index (κ2) is 5.00. The molecule has 0 saturated carbocycles. The van der Waals surface area contributed by atoms with Crippen molar-refractivity contribution >= 4 is 27.5 Å². The SMILES string of the molecule is CN(C)S(=O)(=O)c1ccc(N2C(=O)C3C(C2=O)[C@@]2(C)C=C[C@@H]3O2)cc1. The molecule has 2 saturated heterocycles. The number of hydrogen-bond donors (Lipinski definition) is 0. The first kappa shape index (κ1) is 16.4. The first-order chi connectivity index (χ1) is 11.7. The maximum atomic E-state index is 12.8. The molecule has 2 fully saturated rings. The van der Waals surface area contributed by atoms with Crippen LogP contribution in [0.3, 0.4) is 0 Å². The van der Waals surface area contributed by atoms with Gasteiger partial charge in [0.25, 0.3) is 0 Å². The van der Waals surface area contributed by atoms with E-state index in [1.165, 1.54) is 38.4 Å². The molecule has 132 valence electrons. The van der Waals surface area contributed by atoms with Gasteiger partial charge in [-0.1, -0.05) is 12.2 Å². The first-order valence-corrected chi connectivity index (χ1v) is 9.38. The van der Waals surface area contributed by atoms with Gasteiger partial charge in [0.15, 0.2) is 0 Å². The zero-order valence-electron chi connectivity index (χ0n) is 14.0. The van der Waals surface area contributed by atoms with Crippen molar-refractivity contribution in [1.82, 2.24) is 4.31 Å². The molecule has 2 unspecified atom stereocenters. The largest absolute Gasteiger partial charge is 0.362 e. The van der Waals surface area contributed by atoms with Gasteiger partial charge in [-0.05, 0) is 31.2 Å². The molecule has 0 spiro atoms. The number of carbonyl (C=O) groups is 2. The maximum Gasteiger partial charge on any atom is 0.242 e. The standard InChI is InChI=1S/C17H18N2O5S/c1-17-9-8-12(24-17)13-14(17)16(21)19(15(13)20)10-4-6-11(7-5-10)25(22,23)18(2)3/h4-9,12-14H,1-3H3/t12-,13?,14?,17+/m0/s1. The average Bonchev–Trinajstić information content (AvgIpc) is 3.16. The van der Waals surface area contributed by atoms with Gasteiger partial charge in [0.05, 0.1) is 34.1 Å². The van der Waals surface area contributed by atoms with Crippen LogP contribution in [0.4, 0.5) is 5.69 Å². The van der Waals surface area contributed by atoms with Gasteiger partial charge in [0.2, 0.25) is 21.8 Å². The summed E-state index contributed by atoms with van der Waals surface area (Å²) >= 11 is 0. The number of sulfonamides is 1. The van der Waals surface area contributed by atoms with E-state index in [4.69, 9.17) is 4.74 Å². The molecule has 4 rings (SSSR count).